The largest absolute Gasteiger partial charge is 0.208 e. The van der Waals surface area contributed by atoms with Crippen LogP contribution in [0, 0.1) is 0 Å². The smallest absolute Gasteiger partial charge is 0.164 e. The van der Waals surface area contributed by atoms with Gasteiger partial charge in [0.05, 0.1) is 0 Å². The van der Waals surface area contributed by atoms with Crippen LogP contribution in [0.2, 0.25) is 0 Å². The zero-order valence-corrected chi connectivity index (χ0v) is 34.9. The van der Waals surface area contributed by atoms with E-state index in [4.69, 9.17) is 15.0 Å². The number of hydrogen-bond acceptors (Lipinski definition) is 4. The van der Waals surface area contributed by atoms with Crippen LogP contribution in [0.1, 0.15) is 0 Å². The van der Waals surface area contributed by atoms with Crippen molar-refractivity contribution in [2.75, 3.05) is 0 Å². The summed E-state index contributed by atoms with van der Waals surface area (Å²) in [5.41, 5.74) is 12.4. The Labute approximate surface area is 369 Å². The molecule has 0 N–H and O–H groups in total. The highest BCUT2D eigenvalue weighted by Gasteiger charge is 2.20. The number of fused-ring (bicyclic) bond motifs is 6. The first-order valence-corrected chi connectivity index (χ1v) is 22.1. The highest BCUT2D eigenvalue weighted by atomic mass is 32.1. The third kappa shape index (κ3) is 6.65. The summed E-state index contributed by atoms with van der Waals surface area (Å²) in [7, 11) is 0. The monoisotopic (exact) mass is 819 g/mol. The molecule has 0 unspecified atom stereocenters. The molecule has 294 valence electrons. The van der Waals surface area contributed by atoms with E-state index in [0.29, 0.717) is 17.5 Å². The Bertz CT molecular complexity index is 3530. The van der Waals surface area contributed by atoms with Gasteiger partial charge in [0, 0.05) is 36.9 Å². The molecule has 4 heteroatoms. The van der Waals surface area contributed by atoms with Crippen LogP contribution in [0.15, 0.2) is 224 Å². The molecule has 10 aromatic carbocycles. The lowest BCUT2D eigenvalue weighted by Gasteiger charge is -2.12. The molecular weight excluding hydrogens is 783 g/mol. The molecule has 0 saturated carbocycles. The number of hydrogen-bond donors (Lipinski definition) is 0. The fourth-order valence-corrected chi connectivity index (χ4v) is 10.3. The van der Waals surface area contributed by atoms with Crippen molar-refractivity contribution in [1.29, 1.82) is 0 Å². The molecule has 2 aromatic heterocycles. The molecule has 0 amide bonds. The van der Waals surface area contributed by atoms with Gasteiger partial charge in [0.25, 0.3) is 0 Å². The molecule has 12 aromatic rings. The summed E-state index contributed by atoms with van der Waals surface area (Å²) in [6.45, 7) is 0. The highest BCUT2D eigenvalue weighted by Crippen LogP contribution is 2.46. The zero-order chi connectivity index (χ0) is 41.7. The van der Waals surface area contributed by atoms with Gasteiger partial charge in [-0.1, -0.05) is 218 Å². The normalized spacial score (nSPS) is 11.5. The zero-order valence-electron chi connectivity index (χ0n) is 34.1. The fraction of sp³-hybridized carbons (Fsp3) is 0. The van der Waals surface area contributed by atoms with Crippen LogP contribution < -0.4 is 0 Å². The summed E-state index contributed by atoms with van der Waals surface area (Å²) in [4.78, 5) is 15.7. The second-order valence-electron chi connectivity index (χ2n) is 15.9. The standard InChI is InChI=1S/C59H37N3S/c1-3-13-38(14-4-1)40-25-33-45(34-26-40)57-60-58(46-35-27-41(28-36-46)39-15-5-2-6-16-39)62-59(61-57)53-37-54-55(51-21-10-9-20-50(51)53)52-24-12-23-49(56(52)63-54)44-31-29-43(30-32-44)48-22-11-18-42-17-7-8-19-47(42)48/h1-37H. The maximum Gasteiger partial charge on any atom is 0.164 e. The molecule has 63 heavy (non-hydrogen) atoms. The fourth-order valence-electron chi connectivity index (χ4n) is 9.02. The van der Waals surface area contributed by atoms with E-state index in [1.54, 1.807) is 0 Å². The van der Waals surface area contributed by atoms with Crippen LogP contribution >= 0.6 is 11.3 Å². The summed E-state index contributed by atoms with van der Waals surface area (Å²) in [5, 5.41) is 7.31. The maximum absolute atomic E-state index is 5.28. The van der Waals surface area contributed by atoms with Gasteiger partial charge in [0.15, 0.2) is 17.5 Å². The highest BCUT2D eigenvalue weighted by molar-refractivity contribution is 7.26. The average molecular weight is 820 g/mol. The van der Waals surface area contributed by atoms with Crippen LogP contribution in [-0.4, -0.2) is 15.0 Å². The number of nitrogens with zero attached hydrogens (tertiary/aromatic N) is 3. The Kier molecular flexibility index (Phi) is 9.02. The molecule has 0 spiro atoms. The van der Waals surface area contributed by atoms with Gasteiger partial charge in [-0.3, -0.25) is 0 Å². The quantitative estimate of drug-likeness (QED) is 0.161. The van der Waals surface area contributed by atoms with Gasteiger partial charge in [0.1, 0.15) is 0 Å². The minimum atomic E-state index is 0.636. The van der Waals surface area contributed by atoms with Crippen molar-refractivity contribution in [3.63, 3.8) is 0 Å². The molecule has 0 fully saturated rings. The summed E-state index contributed by atoms with van der Waals surface area (Å²) in [6.07, 6.45) is 0. The third-order valence-corrected chi connectivity index (χ3v) is 13.4. The van der Waals surface area contributed by atoms with E-state index in [1.807, 2.05) is 23.5 Å². The Hall–Kier alpha value is -8.05. The molecule has 0 bridgehead atoms. The Morgan fingerprint density at radius 1 is 0.270 bits per heavy atom. The van der Waals surface area contributed by atoms with Crippen LogP contribution in [0.4, 0.5) is 0 Å². The van der Waals surface area contributed by atoms with Crippen LogP contribution in [0.3, 0.4) is 0 Å². The van der Waals surface area contributed by atoms with E-state index in [2.05, 4.69) is 212 Å². The lowest BCUT2D eigenvalue weighted by Crippen LogP contribution is -2.00. The van der Waals surface area contributed by atoms with E-state index in [9.17, 15) is 0 Å². The third-order valence-electron chi connectivity index (χ3n) is 12.2. The van der Waals surface area contributed by atoms with Gasteiger partial charge < -0.3 is 0 Å². The molecule has 12 rings (SSSR count). The predicted octanol–water partition coefficient (Wildman–Crippen LogP) is 16.2. The predicted molar refractivity (Wildman–Crippen MR) is 266 cm³/mol. The summed E-state index contributed by atoms with van der Waals surface area (Å²) < 4.78 is 2.46. The molecule has 0 aliphatic carbocycles. The van der Waals surface area contributed by atoms with E-state index < -0.39 is 0 Å². The second-order valence-corrected chi connectivity index (χ2v) is 17.0. The molecule has 0 atom stereocenters. The van der Waals surface area contributed by atoms with Gasteiger partial charge in [-0.05, 0) is 72.1 Å². The topological polar surface area (TPSA) is 38.7 Å². The number of aromatic nitrogens is 3. The van der Waals surface area contributed by atoms with Crippen LogP contribution in [0.25, 0.3) is 120 Å². The molecule has 0 aliphatic rings. The van der Waals surface area contributed by atoms with Crippen LogP contribution in [-0.2, 0) is 0 Å². The van der Waals surface area contributed by atoms with Crippen molar-refractivity contribution in [2.24, 2.45) is 0 Å². The summed E-state index contributed by atoms with van der Waals surface area (Å²) >= 11 is 1.84. The number of thiophene rings is 1. The molecular formula is C59H37N3S. The number of rotatable bonds is 7. The second kappa shape index (κ2) is 15.4. The van der Waals surface area contributed by atoms with Gasteiger partial charge in [-0.25, -0.2) is 15.0 Å². The van der Waals surface area contributed by atoms with Crippen molar-refractivity contribution in [2.45, 2.75) is 0 Å². The average Bonchev–Trinajstić information content (AvgIpc) is 3.76. The van der Waals surface area contributed by atoms with E-state index in [0.717, 1.165) is 33.2 Å². The minimum absolute atomic E-state index is 0.636. The van der Waals surface area contributed by atoms with Crippen LogP contribution in [0.5, 0.6) is 0 Å². The number of benzene rings is 10. The maximum atomic E-state index is 5.28. The summed E-state index contributed by atoms with van der Waals surface area (Å²) in [6, 6.07) is 79.9. The Morgan fingerprint density at radius 3 is 1.33 bits per heavy atom. The van der Waals surface area contributed by atoms with E-state index in [1.165, 1.54) is 69.7 Å². The Balaban J connectivity index is 1.00. The lowest BCUT2D eigenvalue weighted by atomic mass is 9.95. The van der Waals surface area contributed by atoms with Gasteiger partial charge in [-0.15, -0.1) is 11.3 Å². The van der Waals surface area contributed by atoms with E-state index in [-0.39, 0.29) is 0 Å². The lowest BCUT2D eigenvalue weighted by molar-refractivity contribution is 1.08. The molecule has 0 radical (unpaired) electrons. The van der Waals surface area contributed by atoms with E-state index >= 15 is 0 Å². The summed E-state index contributed by atoms with van der Waals surface area (Å²) in [5.74, 6) is 1.92. The first kappa shape index (κ1) is 36.8. The van der Waals surface area contributed by atoms with Crippen molar-refractivity contribution < 1.29 is 0 Å². The van der Waals surface area contributed by atoms with Gasteiger partial charge in [0.2, 0.25) is 0 Å². The van der Waals surface area contributed by atoms with Gasteiger partial charge >= 0.3 is 0 Å². The van der Waals surface area contributed by atoms with Crippen molar-refractivity contribution >= 4 is 53.1 Å². The first-order valence-electron chi connectivity index (χ1n) is 21.3. The molecule has 0 saturated heterocycles. The first-order chi connectivity index (χ1) is 31.2. The SMILES string of the molecule is c1ccc(-c2ccc(-c3nc(-c4ccc(-c5ccccc5)cc4)nc(-c4cc5sc6c(-c7ccc(-c8cccc9ccccc89)cc7)cccc6c5c5ccccc45)n3)cc2)cc1. The van der Waals surface area contributed by atoms with Gasteiger partial charge in [-0.2, -0.15) is 0 Å². The molecule has 0 aliphatic heterocycles. The molecule has 2 heterocycles. The van der Waals surface area contributed by atoms with Crippen molar-refractivity contribution in [3.05, 3.63) is 224 Å². The minimum Gasteiger partial charge on any atom is -0.208 e. The van der Waals surface area contributed by atoms with Crippen molar-refractivity contribution in [3.8, 4) is 78.7 Å². The Morgan fingerprint density at radius 2 is 0.698 bits per heavy atom. The molecule has 3 nitrogen and oxygen atoms in total. The van der Waals surface area contributed by atoms with Crippen molar-refractivity contribution in [1.82, 2.24) is 15.0 Å².